The third kappa shape index (κ3) is 7.31. The Morgan fingerprint density at radius 3 is 2.09 bits per heavy atom. The summed E-state index contributed by atoms with van der Waals surface area (Å²) in [6.45, 7) is 0. The number of carbonyl (C=O) groups is 4. The number of nitrogens with zero attached hydrogens (tertiary/aromatic N) is 3. The molecule has 0 aromatic heterocycles. The van der Waals surface area contributed by atoms with E-state index in [0.717, 1.165) is 16.7 Å². The minimum Gasteiger partial charge on any atom is -0.321 e. The van der Waals surface area contributed by atoms with Crippen molar-refractivity contribution >= 4 is 64.2 Å². The fourth-order valence-corrected chi connectivity index (χ4v) is 5.61. The summed E-state index contributed by atoms with van der Waals surface area (Å²) in [4.78, 5) is 74.6. The average molecular weight is 638 g/mol. The Balaban J connectivity index is 1.32. The highest BCUT2D eigenvalue weighted by Crippen LogP contribution is 2.35. The minimum atomic E-state index is -0.767. The fraction of sp³-hybridized carbons (Fsp3) is 0.0625. The number of hydrogen-bond acceptors (Lipinski definition) is 9. The first-order chi connectivity index (χ1) is 22.1. The molecule has 5 rings (SSSR count). The summed E-state index contributed by atoms with van der Waals surface area (Å²) in [7, 11) is 0. The predicted molar refractivity (Wildman–Crippen MR) is 170 cm³/mol. The standard InChI is InChI=1S/C32H23N5O8S/c38-29-19-28(32(41)35(29)23-13-15-25(16-14-23)37(44)45)46-26-8-4-7-22(18-26)33-31(40)27(34-30(39)21-5-2-1-3-6-21)17-20-9-11-24(12-10-20)36(42)43/h1-18,28H,19H2,(H,33,40)(H,34,39)/b27-17-/t28-/m0/s1. The van der Waals surface area contributed by atoms with Gasteiger partial charge in [0.2, 0.25) is 11.8 Å². The van der Waals surface area contributed by atoms with Crippen LogP contribution in [0.3, 0.4) is 0 Å². The van der Waals surface area contributed by atoms with Gasteiger partial charge in [-0.1, -0.05) is 24.3 Å². The van der Waals surface area contributed by atoms with Crippen LogP contribution < -0.4 is 15.5 Å². The van der Waals surface area contributed by atoms with E-state index < -0.39 is 38.7 Å². The number of anilines is 2. The molecule has 0 spiro atoms. The summed E-state index contributed by atoms with van der Waals surface area (Å²) < 4.78 is 0. The number of imide groups is 1. The van der Waals surface area contributed by atoms with E-state index in [1.54, 1.807) is 54.6 Å². The van der Waals surface area contributed by atoms with Crippen molar-refractivity contribution in [3.8, 4) is 0 Å². The molecule has 0 unspecified atom stereocenters. The van der Waals surface area contributed by atoms with Gasteiger partial charge in [-0.15, -0.1) is 11.8 Å². The topological polar surface area (TPSA) is 182 Å². The van der Waals surface area contributed by atoms with Crippen LogP contribution in [0.25, 0.3) is 6.08 Å². The molecule has 1 aliphatic rings. The molecule has 230 valence electrons. The van der Waals surface area contributed by atoms with Gasteiger partial charge in [-0.2, -0.15) is 0 Å². The number of nitro groups is 2. The predicted octanol–water partition coefficient (Wildman–Crippen LogP) is 5.34. The van der Waals surface area contributed by atoms with Gasteiger partial charge in [0.1, 0.15) is 5.70 Å². The minimum absolute atomic E-state index is 0.0925. The zero-order valence-corrected chi connectivity index (χ0v) is 24.5. The molecule has 0 aliphatic carbocycles. The van der Waals surface area contributed by atoms with E-state index >= 15 is 0 Å². The molecule has 46 heavy (non-hydrogen) atoms. The van der Waals surface area contributed by atoms with E-state index in [9.17, 15) is 39.4 Å². The van der Waals surface area contributed by atoms with Crippen molar-refractivity contribution in [2.75, 3.05) is 10.2 Å². The molecule has 1 atom stereocenters. The van der Waals surface area contributed by atoms with Crippen LogP contribution in [0.5, 0.6) is 0 Å². The van der Waals surface area contributed by atoms with E-state index in [-0.39, 0.29) is 29.2 Å². The van der Waals surface area contributed by atoms with Crippen LogP contribution in [0.4, 0.5) is 22.7 Å². The molecule has 1 fully saturated rings. The highest BCUT2D eigenvalue weighted by Gasteiger charge is 2.40. The largest absolute Gasteiger partial charge is 0.321 e. The molecule has 4 aromatic carbocycles. The van der Waals surface area contributed by atoms with Crippen LogP contribution in [0.15, 0.2) is 114 Å². The number of carbonyl (C=O) groups excluding carboxylic acids is 4. The third-order valence-electron chi connectivity index (χ3n) is 6.74. The number of benzene rings is 4. The number of nitrogens with one attached hydrogen (secondary N) is 2. The van der Waals surface area contributed by atoms with E-state index in [0.29, 0.717) is 21.7 Å². The molecular weight excluding hydrogens is 614 g/mol. The third-order valence-corrected chi connectivity index (χ3v) is 7.92. The molecule has 14 heteroatoms. The zero-order valence-electron chi connectivity index (χ0n) is 23.7. The zero-order chi connectivity index (χ0) is 32.8. The maximum atomic E-state index is 13.4. The SMILES string of the molecule is O=C(Nc1cccc(S[C@H]2CC(=O)N(c3ccc([N+](=O)[O-])cc3)C2=O)c1)/C(=C/c1ccc([N+](=O)[O-])cc1)NC(=O)c1ccccc1. The van der Waals surface area contributed by atoms with E-state index in [1.165, 1.54) is 54.6 Å². The summed E-state index contributed by atoms with van der Waals surface area (Å²) in [5.74, 6) is -2.15. The van der Waals surface area contributed by atoms with Gasteiger partial charge in [0, 0.05) is 46.8 Å². The smallest absolute Gasteiger partial charge is 0.272 e. The van der Waals surface area contributed by atoms with E-state index in [2.05, 4.69) is 10.6 Å². The van der Waals surface area contributed by atoms with Crippen LogP contribution in [-0.4, -0.2) is 38.7 Å². The van der Waals surface area contributed by atoms with Gasteiger partial charge in [-0.25, -0.2) is 4.90 Å². The number of amides is 4. The molecule has 2 N–H and O–H groups in total. The molecule has 13 nitrogen and oxygen atoms in total. The van der Waals surface area contributed by atoms with Crippen molar-refractivity contribution in [2.45, 2.75) is 16.6 Å². The lowest BCUT2D eigenvalue weighted by Gasteiger charge is -2.15. The second kappa shape index (κ2) is 13.7. The van der Waals surface area contributed by atoms with Crippen LogP contribution in [0, 0.1) is 20.2 Å². The molecule has 4 aromatic rings. The molecule has 1 saturated heterocycles. The molecule has 0 radical (unpaired) electrons. The van der Waals surface area contributed by atoms with Crippen molar-refractivity contribution in [3.05, 3.63) is 140 Å². The van der Waals surface area contributed by atoms with Gasteiger partial charge in [0.05, 0.1) is 20.8 Å². The van der Waals surface area contributed by atoms with Crippen molar-refractivity contribution in [1.82, 2.24) is 5.32 Å². The summed E-state index contributed by atoms with van der Waals surface area (Å²) >= 11 is 1.12. The van der Waals surface area contributed by atoms with Gasteiger partial charge < -0.3 is 10.6 Å². The number of hydrogen-bond donors (Lipinski definition) is 2. The first kappa shape index (κ1) is 31.3. The Bertz CT molecular complexity index is 1880. The highest BCUT2D eigenvalue weighted by molar-refractivity contribution is 8.00. The monoisotopic (exact) mass is 637 g/mol. The second-order valence-corrected chi connectivity index (χ2v) is 11.1. The van der Waals surface area contributed by atoms with Gasteiger partial charge in [0.25, 0.3) is 23.2 Å². The highest BCUT2D eigenvalue weighted by atomic mass is 32.2. The Labute approximate surface area is 265 Å². The second-order valence-electron chi connectivity index (χ2n) is 9.86. The Morgan fingerprint density at radius 1 is 0.826 bits per heavy atom. The average Bonchev–Trinajstić information content (AvgIpc) is 3.33. The van der Waals surface area contributed by atoms with Crippen molar-refractivity contribution in [3.63, 3.8) is 0 Å². The van der Waals surface area contributed by atoms with Gasteiger partial charge in [-0.3, -0.25) is 39.4 Å². The lowest BCUT2D eigenvalue weighted by atomic mass is 10.1. The first-order valence-corrected chi connectivity index (χ1v) is 14.5. The Morgan fingerprint density at radius 2 is 1.46 bits per heavy atom. The van der Waals surface area contributed by atoms with Crippen molar-refractivity contribution in [2.24, 2.45) is 0 Å². The van der Waals surface area contributed by atoms with E-state index in [1.807, 2.05) is 0 Å². The number of nitro benzene ring substituents is 2. The van der Waals surface area contributed by atoms with Gasteiger partial charge in [-0.05, 0) is 66.2 Å². The Kier molecular flexibility index (Phi) is 9.28. The lowest BCUT2D eigenvalue weighted by molar-refractivity contribution is -0.385. The normalized spacial score (nSPS) is 14.6. The van der Waals surface area contributed by atoms with Crippen LogP contribution in [0.2, 0.25) is 0 Å². The molecule has 0 saturated carbocycles. The molecule has 1 aliphatic heterocycles. The maximum absolute atomic E-state index is 13.4. The molecule has 4 amide bonds. The molecule has 0 bridgehead atoms. The van der Waals surface area contributed by atoms with Crippen molar-refractivity contribution < 1.29 is 29.0 Å². The quantitative estimate of drug-likeness (QED) is 0.100. The number of rotatable bonds is 10. The maximum Gasteiger partial charge on any atom is 0.272 e. The van der Waals surface area contributed by atoms with Gasteiger partial charge >= 0.3 is 0 Å². The summed E-state index contributed by atoms with van der Waals surface area (Å²) in [6.07, 6.45) is 1.29. The van der Waals surface area contributed by atoms with Crippen molar-refractivity contribution in [1.29, 1.82) is 0 Å². The Hall–Kier alpha value is -6.15. The first-order valence-electron chi connectivity index (χ1n) is 13.6. The summed E-state index contributed by atoms with van der Waals surface area (Å²) in [6, 6.07) is 25.4. The molecular formula is C32H23N5O8S. The van der Waals surface area contributed by atoms with Gasteiger partial charge in [0.15, 0.2) is 0 Å². The summed E-state index contributed by atoms with van der Waals surface area (Å²) in [5.41, 5.74) is 0.868. The van der Waals surface area contributed by atoms with E-state index in [4.69, 9.17) is 0 Å². The van der Waals surface area contributed by atoms with Crippen LogP contribution >= 0.6 is 11.8 Å². The summed E-state index contributed by atoms with van der Waals surface area (Å²) in [5, 5.41) is 26.6. The number of thioether (sulfide) groups is 1. The number of non-ortho nitro benzene ring substituents is 2. The lowest BCUT2D eigenvalue weighted by Crippen LogP contribution is -2.31. The fourth-order valence-electron chi connectivity index (χ4n) is 4.50. The molecule has 1 heterocycles. The van der Waals surface area contributed by atoms with Crippen LogP contribution in [0.1, 0.15) is 22.3 Å². The van der Waals surface area contributed by atoms with Crippen LogP contribution in [-0.2, 0) is 14.4 Å².